The Balaban J connectivity index is 0. The molecule has 0 radical (unpaired) electrons. The monoisotopic (exact) mass is 318 g/mol. The van der Waals surface area contributed by atoms with E-state index < -0.39 is 13.1 Å². The van der Waals surface area contributed by atoms with Crippen LogP contribution in [0.25, 0.3) is 0 Å². The van der Waals surface area contributed by atoms with Gasteiger partial charge in [0, 0.05) is 0 Å². The fourth-order valence-corrected chi connectivity index (χ4v) is 13.4. The van der Waals surface area contributed by atoms with E-state index in [0.717, 1.165) is 17.8 Å². The summed E-state index contributed by atoms with van der Waals surface area (Å²) in [6, 6.07) is 0. The van der Waals surface area contributed by atoms with Crippen molar-refractivity contribution in [2.45, 2.75) is 108 Å². The number of hydrogen-bond acceptors (Lipinski definition) is 0. The summed E-state index contributed by atoms with van der Waals surface area (Å²) in [4.78, 5) is 0. The minimum absolute atomic E-state index is 0. The van der Waals surface area contributed by atoms with Crippen LogP contribution in [0.2, 0.25) is 21.1 Å². The molecule has 0 nitrogen and oxygen atoms in total. The third kappa shape index (κ3) is 13.6. The maximum Gasteiger partial charge on any atom is 1.00 e. The van der Waals surface area contributed by atoms with Crippen molar-refractivity contribution in [2.75, 3.05) is 0 Å². The molecule has 0 aromatic rings. The fourth-order valence-electron chi connectivity index (χ4n) is 5.00. The second-order valence-corrected chi connectivity index (χ2v) is 14.6. The van der Waals surface area contributed by atoms with E-state index in [9.17, 15) is 0 Å². The summed E-state index contributed by atoms with van der Waals surface area (Å²) in [6.45, 7) is 17.0. The van der Waals surface area contributed by atoms with E-state index in [1.54, 1.807) is 21.1 Å². The van der Waals surface area contributed by atoms with Gasteiger partial charge in [0.25, 0.3) is 0 Å². The Morgan fingerprint density at radius 2 is 0.955 bits per heavy atom. The molecule has 0 atom stereocenters. The van der Waals surface area contributed by atoms with E-state index in [-0.39, 0.29) is 18.9 Å². The Labute approximate surface area is 157 Å². The van der Waals surface area contributed by atoms with Crippen molar-refractivity contribution in [3.63, 3.8) is 0 Å². The van der Waals surface area contributed by atoms with Gasteiger partial charge >= 0.3 is 18.9 Å². The molecule has 0 aliphatic carbocycles. The van der Waals surface area contributed by atoms with Crippen LogP contribution in [-0.4, -0.2) is 13.1 Å². The van der Waals surface area contributed by atoms with Gasteiger partial charge < -0.3 is 0 Å². The van der Waals surface area contributed by atoms with E-state index >= 15 is 0 Å². The van der Waals surface area contributed by atoms with Gasteiger partial charge in [-0.25, -0.2) is 0 Å². The van der Waals surface area contributed by atoms with E-state index in [1.807, 2.05) is 0 Å². The summed E-state index contributed by atoms with van der Waals surface area (Å²) in [5.41, 5.74) is 0. The van der Waals surface area contributed by atoms with Crippen LogP contribution in [0.1, 0.15) is 87.0 Å². The van der Waals surface area contributed by atoms with Crippen LogP contribution in [-0.2, 0) is 0 Å². The molecule has 0 unspecified atom stereocenters. The molecular weight excluding hydrogens is 274 g/mol. The molecule has 0 aromatic carbocycles. The summed E-state index contributed by atoms with van der Waals surface area (Å²) in [7, 11) is 0. The Morgan fingerprint density at radius 3 is 1.32 bits per heavy atom. The molecule has 0 saturated carbocycles. The summed E-state index contributed by atoms with van der Waals surface area (Å²) >= 11 is -1.39. The Kier molecular flexibility index (Phi) is 16.7. The van der Waals surface area contributed by atoms with Gasteiger partial charge in [-0.1, -0.05) is 105 Å². The van der Waals surface area contributed by atoms with Crippen molar-refractivity contribution in [3.8, 4) is 0 Å². The first kappa shape index (κ1) is 25.4. The summed E-state index contributed by atoms with van der Waals surface area (Å²) in [5, 5.41) is 6.42. The minimum Gasteiger partial charge on any atom is -0.191 e. The minimum atomic E-state index is -1.39. The quantitative estimate of drug-likeness (QED) is 0.339. The Hall–Kier alpha value is 1.13. The molecule has 0 bridgehead atoms. The first-order chi connectivity index (χ1) is 9.81. The van der Waals surface area contributed by atoms with Gasteiger partial charge in [-0.2, -0.15) is 21.1 Å². The molecule has 0 N–H and O–H groups in total. The predicted molar refractivity (Wildman–Crippen MR) is 103 cm³/mol. The molecule has 0 spiro atoms. The molecule has 2 heteroatoms. The van der Waals surface area contributed by atoms with Crippen molar-refractivity contribution in [1.29, 1.82) is 0 Å². The first-order valence-electron chi connectivity index (χ1n) is 10.0. The molecule has 0 heterocycles. The molecule has 0 aliphatic rings. The fraction of sp³-hybridized carbons (Fsp3) is 1.00. The van der Waals surface area contributed by atoms with Crippen LogP contribution >= 0.6 is 0 Å². The van der Waals surface area contributed by atoms with Crippen molar-refractivity contribution >= 4 is 13.1 Å². The van der Waals surface area contributed by atoms with Crippen LogP contribution in [0.3, 0.4) is 0 Å². The first-order valence-corrected chi connectivity index (χ1v) is 13.3. The zero-order valence-corrected chi connectivity index (χ0v) is 18.5. The zero-order chi connectivity index (χ0) is 16.3. The van der Waals surface area contributed by atoms with Gasteiger partial charge in [0.15, 0.2) is 0 Å². The molecule has 0 rings (SSSR count). The normalized spacial score (nSPS) is 12.3. The zero-order valence-electron chi connectivity index (χ0n) is 17.4. The van der Waals surface area contributed by atoms with Crippen LogP contribution in [0.5, 0.6) is 0 Å². The Morgan fingerprint density at radius 1 is 0.591 bits per heavy atom. The smallest absolute Gasteiger partial charge is 0.191 e. The van der Waals surface area contributed by atoms with Gasteiger partial charge in [-0.3, -0.25) is 0 Å². The van der Waals surface area contributed by atoms with Crippen LogP contribution in [0.4, 0.5) is 0 Å². The average Bonchev–Trinajstić information content (AvgIpc) is 2.30. The molecule has 128 valence electrons. The molecule has 0 fully saturated rings. The van der Waals surface area contributed by atoms with E-state index in [4.69, 9.17) is 0 Å². The van der Waals surface area contributed by atoms with Crippen LogP contribution in [0.15, 0.2) is 0 Å². The predicted octanol–water partition coefficient (Wildman–Crippen LogP) is 4.77. The SMILES string of the molecule is CCCCCCC[CH2][Al-]([CH2]C(C)C)([CH2]C(C)C)[CH2]C(C)C.[Li+]. The number of hydrogen-bond donors (Lipinski definition) is 0. The van der Waals surface area contributed by atoms with Crippen molar-refractivity contribution in [2.24, 2.45) is 17.8 Å². The summed E-state index contributed by atoms with van der Waals surface area (Å²) in [5.74, 6) is 2.73. The summed E-state index contributed by atoms with van der Waals surface area (Å²) < 4.78 is 0. The summed E-state index contributed by atoms with van der Waals surface area (Å²) in [6.07, 6.45) is 8.78. The van der Waals surface area contributed by atoms with Crippen LogP contribution < -0.4 is 18.9 Å². The Bertz CT molecular complexity index is 209. The topological polar surface area (TPSA) is 0 Å². The van der Waals surface area contributed by atoms with E-state index in [0.29, 0.717) is 0 Å². The van der Waals surface area contributed by atoms with Gasteiger partial charge in [0.2, 0.25) is 0 Å². The van der Waals surface area contributed by atoms with Crippen molar-refractivity contribution < 1.29 is 18.9 Å². The standard InChI is InChI=1S/C8H17.3C4H9.Al.Li/c1-3-5-7-8-6-4-2;3*1-4(2)3;;/h1,3-8H2,2H3;3*4H,1H2,2-3H3;;/q;;;;-1;+1. The van der Waals surface area contributed by atoms with E-state index in [2.05, 4.69) is 48.5 Å². The third-order valence-electron chi connectivity index (χ3n) is 5.08. The number of rotatable bonds is 13. The molecule has 0 aliphatic heterocycles. The maximum absolute atomic E-state index is 2.46. The third-order valence-corrected chi connectivity index (χ3v) is 12.5. The molecule has 0 saturated heterocycles. The number of unbranched alkanes of at least 4 members (excludes halogenated alkanes) is 5. The molecule has 0 aromatic heterocycles. The van der Waals surface area contributed by atoms with Crippen molar-refractivity contribution in [3.05, 3.63) is 0 Å². The van der Waals surface area contributed by atoms with Gasteiger partial charge in [-0.05, 0) is 0 Å². The molecule has 22 heavy (non-hydrogen) atoms. The van der Waals surface area contributed by atoms with Crippen LogP contribution in [0, 0.1) is 17.8 Å². The van der Waals surface area contributed by atoms with Gasteiger partial charge in [0.1, 0.15) is 13.1 Å². The second-order valence-electron chi connectivity index (χ2n) is 9.18. The molecular formula is C20H44AlLi. The second kappa shape index (κ2) is 14.5. The maximum atomic E-state index is 2.46. The van der Waals surface area contributed by atoms with Gasteiger partial charge in [0.05, 0.1) is 0 Å². The average molecular weight is 318 g/mol. The van der Waals surface area contributed by atoms with E-state index in [1.165, 1.54) is 38.5 Å². The van der Waals surface area contributed by atoms with Crippen molar-refractivity contribution in [1.82, 2.24) is 0 Å². The molecule has 0 amide bonds. The van der Waals surface area contributed by atoms with Gasteiger partial charge in [-0.15, -0.1) is 0 Å². The largest absolute Gasteiger partial charge is 1.00 e.